The molecule has 2 N–H and O–H groups in total. The molecule has 138 valence electrons. The van der Waals surface area contributed by atoms with Crippen molar-refractivity contribution in [3.8, 4) is 0 Å². The average Bonchev–Trinajstić information content (AvgIpc) is 2.62. The Balaban J connectivity index is 0.00000243. The summed E-state index contributed by atoms with van der Waals surface area (Å²) < 4.78 is 0. The van der Waals surface area contributed by atoms with Gasteiger partial charge in [0, 0.05) is 26.3 Å². The van der Waals surface area contributed by atoms with E-state index < -0.39 is 0 Å². The van der Waals surface area contributed by atoms with Gasteiger partial charge in [-0.15, -0.1) is 12.4 Å². The standard InChI is InChI=1S/C19H20ClN3O2.ClH/c1-23(2)19(25)15-10-14(7-8-16(15)20)22-18(24)17-9-12-5-3-4-6-13(12)11-21-17;/h3-8,10,17,21H,9,11H2,1-2H3,(H,22,24);1H. The molecule has 2 aromatic rings. The van der Waals surface area contributed by atoms with E-state index in [1.54, 1.807) is 32.3 Å². The van der Waals surface area contributed by atoms with Crippen molar-refractivity contribution in [3.05, 3.63) is 64.2 Å². The first kappa shape index (κ1) is 20.2. The molecule has 2 amide bonds. The Morgan fingerprint density at radius 1 is 1.15 bits per heavy atom. The van der Waals surface area contributed by atoms with Crippen LogP contribution >= 0.6 is 24.0 Å². The first-order valence-electron chi connectivity index (χ1n) is 8.08. The molecule has 1 aliphatic rings. The zero-order chi connectivity index (χ0) is 18.0. The summed E-state index contributed by atoms with van der Waals surface area (Å²) in [5, 5.41) is 6.48. The molecule has 5 nitrogen and oxygen atoms in total. The first-order chi connectivity index (χ1) is 12.0. The Labute approximate surface area is 164 Å². The lowest BCUT2D eigenvalue weighted by Gasteiger charge is -2.25. The molecule has 0 bridgehead atoms. The van der Waals surface area contributed by atoms with Gasteiger partial charge < -0.3 is 15.5 Å². The molecule has 0 fully saturated rings. The van der Waals surface area contributed by atoms with E-state index in [0.29, 0.717) is 29.2 Å². The lowest BCUT2D eigenvalue weighted by molar-refractivity contribution is -0.118. The van der Waals surface area contributed by atoms with E-state index in [-0.39, 0.29) is 30.3 Å². The van der Waals surface area contributed by atoms with Crippen LogP contribution < -0.4 is 10.6 Å². The van der Waals surface area contributed by atoms with Gasteiger partial charge in [-0.2, -0.15) is 0 Å². The molecule has 1 unspecified atom stereocenters. The van der Waals surface area contributed by atoms with Gasteiger partial charge >= 0.3 is 0 Å². The van der Waals surface area contributed by atoms with Crippen molar-refractivity contribution in [1.82, 2.24) is 10.2 Å². The molecule has 0 spiro atoms. The van der Waals surface area contributed by atoms with Crippen LogP contribution in [-0.4, -0.2) is 36.9 Å². The number of nitrogens with one attached hydrogen (secondary N) is 2. The highest BCUT2D eigenvalue weighted by Gasteiger charge is 2.24. The van der Waals surface area contributed by atoms with E-state index in [4.69, 9.17) is 11.6 Å². The van der Waals surface area contributed by atoms with Gasteiger partial charge in [0.15, 0.2) is 0 Å². The number of nitrogens with zero attached hydrogens (tertiary/aromatic N) is 1. The molecular weight excluding hydrogens is 373 g/mol. The molecule has 0 radical (unpaired) electrons. The minimum Gasteiger partial charge on any atom is -0.345 e. The van der Waals surface area contributed by atoms with E-state index in [9.17, 15) is 9.59 Å². The van der Waals surface area contributed by atoms with E-state index in [2.05, 4.69) is 16.7 Å². The fourth-order valence-corrected chi connectivity index (χ4v) is 3.08. The lowest BCUT2D eigenvalue weighted by Crippen LogP contribution is -2.44. The van der Waals surface area contributed by atoms with Gasteiger partial charge in [0.2, 0.25) is 5.91 Å². The second-order valence-electron chi connectivity index (χ2n) is 6.29. The molecule has 3 rings (SSSR count). The van der Waals surface area contributed by atoms with E-state index in [1.165, 1.54) is 16.0 Å². The first-order valence-corrected chi connectivity index (χ1v) is 8.45. The molecule has 1 heterocycles. The van der Waals surface area contributed by atoms with Crippen LogP contribution in [0.4, 0.5) is 5.69 Å². The summed E-state index contributed by atoms with van der Waals surface area (Å²) in [4.78, 5) is 26.2. The molecule has 0 saturated heterocycles. The fraction of sp³-hybridized carbons (Fsp3) is 0.263. The normalized spacial score (nSPS) is 15.4. The fourth-order valence-electron chi connectivity index (χ4n) is 2.88. The maximum Gasteiger partial charge on any atom is 0.254 e. The quantitative estimate of drug-likeness (QED) is 0.841. The summed E-state index contributed by atoms with van der Waals surface area (Å²) in [5.41, 5.74) is 3.32. The van der Waals surface area contributed by atoms with Crippen molar-refractivity contribution >= 4 is 41.5 Å². The van der Waals surface area contributed by atoms with Gasteiger partial charge in [-0.1, -0.05) is 35.9 Å². The smallest absolute Gasteiger partial charge is 0.254 e. The maximum absolute atomic E-state index is 12.6. The van der Waals surface area contributed by atoms with Crippen molar-refractivity contribution in [2.45, 2.75) is 19.0 Å². The molecule has 1 aliphatic heterocycles. The van der Waals surface area contributed by atoms with Gasteiger partial charge in [0.05, 0.1) is 16.6 Å². The zero-order valence-electron chi connectivity index (χ0n) is 14.6. The summed E-state index contributed by atoms with van der Waals surface area (Å²) in [5.74, 6) is -0.328. The van der Waals surface area contributed by atoms with Gasteiger partial charge in [0.25, 0.3) is 5.91 Å². The predicted octanol–water partition coefficient (Wildman–Crippen LogP) is 3.12. The Morgan fingerprint density at radius 3 is 2.54 bits per heavy atom. The predicted molar refractivity (Wildman–Crippen MR) is 106 cm³/mol. The highest BCUT2D eigenvalue weighted by atomic mass is 35.5. The number of halogens is 2. The van der Waals surface area contributed by atoms with Crippen molar-refractivity contribution in [3.63, 3.8) is 0 Å². The molecule has 2 aromatic carbocycles. The minimum absolute atomic E-state index is 0. The third-order valence-corrected chi connectivity index (χ3v) is 4.60. The minimum atomic E-state index is -0.307. The van der Waals surface area contributed by atoms with Gasteiger partial charge in [0.1, 0.15) is 0 Å². The number of hydrogen-bond acceptors (Lipinski definition) is 3. The van der Waals surface area contributed by atoms with Crippen LogP contribution in [0, 0.1) is 0 Å². The summed E-state index contributed by atoms with van der Waals surface area (Å²) in [7, 11) is 3.32. The zero-order valence-corrected chi connectivity index (χ0v) is 16.2. The number of fused-ring (bicyclic) bond motifs is 1. The van der Waals surface area contributed by atoms with Crippen LogP contribution in [0.3, 0.4) is 0 Å². The van der Waals surface area contributed by atoms with Gasteiger partial charge in [-0.3, -0.25) is 9.59 Å². The third kappa shape index (κ3) is 4.36. The second kappa shape index (κ2) is 8.54. The van der Waals surface area contributed by atoms with Crippen molar-refractivity contribution in [1.29, 1.82) is 0 Å². The van der Waals surface area contributed by atoms with E-state index in [1.807, 2.05) is 18.2 Å². The Kier molecular flexibility index (Phi) is 6.64. The number of amides is 2. The number of hydrogen-bond donors (Lipinski definition) is 2. The average molecular weight is 394 g/mol. The molecule has 26 heavy (non-hydrogen) atoms. The molecule has 7 heteroatoms. The topological polar surface area (TPSA) is 61.4 Å². The maximum atomic E-state index is 12.6. The van der Waals surface area contributed by atoms with Crippen LogP contribution in [-0.2, 0) is 17.8 Å². The van der Waals surface area contributed by atoms with Crippen LogP contribution in [0.2, 0.25) is 5.02 Å². The molecule has 0 aliphatic carbocycles. The summed E-state index contributed by atoms with van der Waals surface area (Å²) in [6, 6.07) is 12.7. The molecule has 0 saturated carbocycles. The third-order valence-electron chi connectivity index (χ3n) is 4.27. The molecule has 1 atom stereocenters. The van der Waals surface area contributed by atoms with Crippen LogP contribution in [0.5, 0.6) is 0 Å². The van der Waals surface area contributed by atoms with Crippen molar-refractivity contribution in [2.24, 2.45) is 0 Å². The van der Waals surface area contributed by atoms with E-state index in [0.717, 1.165) is 0 Å². The Hall–Kier alpha value is -2.08. The van der Waals surface area contributed by atoms with Crippen molar-refractivity contribution in [2.75, 3.05) is 19.4 Å². The molecular formula is C19H21Cl2N3O2. The monoisotopic (exact) mass is 393 g/mol. The highest BCUT2D eigenvalue weighted by Crippen LogP contribution is 2.23. The number of carbonyl (C=O) groups excluding carboxylic acids is 2. The Bertz CT molecular complexity index is 824. The largest absolute Gasteiger partial charge is 0.345 e. The van der Waals surface area contributed by atoms with E-state index >= 15 is 0 Å². The van der Waals surface area contributed by atoms with Crippen LogP contribution in [0.25, 0.3) is 0 Å². The van der Waals surface area contributed by atoms with Crippen LogP contribution in [0.15, 0.2) is 42.5 Å². The van der Waals surface area contributed by atoms with Crippen molar-refractivity contribution < 1.29 is 9.59 Å². The van der Waals surface area contributed by atoms with Crippen LogP contribution in [0.1, 0.15) is 21.5 Å². The number of benzene rings is 2. The van der Waals surface area contributed by atoms with Gasteiger partial charge in [-0.25, -0.2) is 0 Å². The SMILES string of the molecule is CN(C)C(=O)c1cc(NC(=O)C2Cc3ccccc3CN2)ccc1Cl.Cl. The second-order valence-corrected chi connectivity index (χ2v) is 6.70. The molecule has 0 aromatic heterocycles. The number of anilines is 1. The highest BCUT2D eigenvalue weighted by molar-refractivity contribution is 6.34. The number of carbonyl (C=O) groups is 2. The summed E-state index contributed by atoms with van der Waals surface area (Å²) in [6.45, 7) is 0.666. The number of rotatable bonds is 3. The Morgan fingerprint density at radius 2 is 1.85 bits per heavy atom. The summed E-state index contributed by atoms with van der Waals surface area (Å²) in [6.07, 6.45) is 0.638. The lowest BCUT2D eigenvalue weighted by atomic mass is 9.95. The summed E-state index contributed by atoms with van der Waals surface area (Å²) >= 11 is 6.10. The van der Waals surface area contributed by atoms with Gasteiger partial charge in [-0.05, 0) is 35.7 Å².